The molecular formula is C18H28N2O. The maximum absolute atomic E-state index is 12.2. The van der Waals surface area contributed by atoms with Crippen LogP contribution in [0.4, 0.5) is 0 Å². The van der Waals surface area contributed by atoms with Crippen molar-refractivity contribution in [3.63, 3.8) is 0 Å². The average Bonchev–Trinajstić information content (AvgIpc) is 2.48. The van der Waals surface area contributed by atoms with E-state index in [9.17, 15) is 4.79 Å². The first kappa shape index (κ1) is 16.0. The van der Waals surface area contributed by atoms with Gasteiger partial charge in [-0.05, 0) is 57.2 Å². The van der Waals surface area contributed by atoms with E-state index in [0.717, 1.165) is 13.1 Å². The zero-order valence-electron chi connectivity index (χ0n) is 13.5. The van der Waals surface area contributed by atoms with Gasteiger partial charge in [0, 0.05) is 6.42 Å². The molecule has 1 aliphatic rings. The number of piperidine rings is 1. The molecule has 116 valence electrons. The Balaban J connectivity index is 1.83. The fraction of sp³-hybridized carbons (Fsp3) is 0.611. The summed E-state index contributed by atoms with van der Waals surface area (Å²) in [6.07, 6.45) is 3.10. The predicted molar refractivity (Wildman–Crippen MR) is 87.1 cm³/mol. The molecule has 1 aliphatic heterocycles. The average molecular weight is 288 g/mol. The van der Waals surface area contributed by atoms with Crippen LogP contribution in [0, 0.1) is 18.8 Å². The third-order valence-electron chi connectivity index (χ3n) is 4.57. The summed E-state index contributed by atoms with van der Waals surface area (Å²) in [5, 5.41) is 6.56. The highest BCUT2D eigenvalue weighted by atomic mass is 16.1. The lowest BCUT2D eigenvalue weighted by molar-refractivity contribution is -0.123. The lowest BCUT2D eigenvalue weighted by Gasteiger charge is -2.28. The molecule has 0 bridgehead atoms. The number of nitrogens with one attached hydrogen (secondary N) is 2. The fourth-order valence-corrected chi connectivity index (χ4v) is 3.15. The highest BCUT2D eigenvalue weighted by molar-refractivity contribution is 5.76. The Kier molecular flexibility index (Phi) is 5.80. The number of rotatable bonds is 5. The summed E-state index contributed by atoms with van der Waals surface area (Å²) in [5.41, 5.74) is 2.41. The maximum atomic E-state index is 12.2. The van der Waals surface area contributed by atoms with Crippen molar-refractivity contribution in [2.24, 2.45) is 11.8 Å². The van der Waals surface area contributed by atoms with Crippen LogP contribution in [-0.2, 0) is 4.79 Å². The summed E-state index contributed by atoms with van der Waals surface area (Å²) in [6.45, 7) is 8.52. The van der Waals surface area contributed by atoms with Gasteiger partial charge in [-0.2, -0.15) is 0 Å². The molecule has 1 fully saturated rings. The normalized spacial score (nSPS) is 21.6. The van der Waals surface area contributed by atoms with Gasteiger partial charge in [-0.25, -0.2) is 0 Å². The minimum atomic E-state index is 0.0779. The molecule has 0 radical (unpaired) electrons. The number of carbonyl (C=O) groups is 1. The highest BCUT2D eigenvalue weighted by Gasteiger charge is 2.22. The lowest BCUT2D eigenvalue weighted by Crippen LogP contribution is -2.36. The minimum absolute atomic E-state index is 0.0779. The van der Waals surface area contributed by atoms with Crippen molar-refractivity contribution in [2.75, 3.05) is 13.1 Å². The number of hydrogen-bond acceptors (Lipinski definition) is 2. The molecule has 3 heteroatoms. The maximum Gasteiger partial charge on any atom is 0.220 e. The summed E-state index contributed by atoms with van der Waals surface area (Å²) in [6, 6.07) is 8.42. The van der Waals surface area contributed by atoms with Gasteiger partial charge in [0.1, 0.15) is 0 Å². The SMILES string of the molecule is Cc1cccc([C@H](C)NC(=O)CC(C)C2CCCNC2)c1. The molecule has 3 nitrogen and oxygen atoms in total. The van der Waals surface area contributed by atoms with E-state index in [2.05, 4.69) is 49.6 Å². The summed E-state index contributed by atoms with van der Waals surface area (Å²) in [4.78, 5) is 12.2. The molecule has 1 saturated heterocycles. The van der Waals surface area contributed by atoms with Crippen LogP contribution in [0.2, 0.25) is 0 Å². The molecule has 3 atom stereocenters. The van der Waals surface area contributed by atoms with Crippen LogP contribution in [0.5, 0.6) is 0 Å². The van der Waals surface area contributed by atoms with Gasteiger partial charge in [-0.1, -0.05) is 36.8 Å². The number of aryl methyl sites for hydroxylation is 1. The van der Waals surface area contributed by atoms with Crippen molar-refractivity contribution in [3.8, 4) is 0 Å². The van der Waals surface area contributed by atoms with Gasteiger partial charge < -0.3 is 10.6 Å². The Morgan fingerprint density at radius 2 is 2.24 bits per heavy atom. The summed E-state index contributed by atoms with van der Waals surface area (Å²) >= 11 is 0. The van der Waals surface area contributed by atoms with E-state index in [1.54, 1.807) is 0 Å². The largest absolute Gasteiger partial charge is 0.350 e. The Bertz CT molecular complexity index is 466. The Morgan fingerprint density at radius 1 is 1.43 bits per heavy atom. The minimum Gasteiger partial charge on any atom is -0.350 e. The molecule has 2 unspecified atom stereocenters. The van der Waals surface area contributed by atoms with Gasteiger partial charge in [0.2, 0.25) is 5.91 Å². The van der Waals surface area contributed by atoms with Gasteiger partial charge in [-0.3, -0.25) is 4.79 Å². The molecule has 1 heterocycles. The molecule has 1 aromatic rings. The van der Waals surface area contributed by atoms with E-state index in [4.69, 9.17) is 0 Å². The van der Waals surface area contributed by atoms with Gasteiger partial charge in [-0.15, -0.1) is 0 Å². The molecule has 1 aromatic carbocycles. The second-order valence-corrected chi connectivity index (χ2v) is 6.49. The van der Waals surface area contributed by atoms with Crippen molar-refractivity contribution in [2.45, 2.75) is 46.1 Å². The van der Waals surface area contributed by atoms with Crippen LogP contribution in [0.1, 0.15) is 50.3 Å². The van der Waals surface area contributed by atoms with E-state index < -0.39 is 0 Å². The Hall–Kier alpha value is -1.35. The van der Waals surface area contributed by atoms with Crippen molar-refractivity contribution in [1.29, 1.82) is 0 Å². The number of hydrogen-bond donors (Lipinski definition) is 2. The second kappa shape index (κ2) is 7.60. The molecule has 0 spiro atoms. The van der Waals surface area contributed by atoms with Gasteiger partial charge in [0.25, 0.3) is 0 Å². The van der Waals surface area contributed by atoms with Crippen molar-refractivity contribution >= 4 is 5.91 Å². The quantitative estimate of drug-likeness (QED) is 0.873. The van der Waals surface area contributed by atoms with Crippen LogP contribution >= 0.6 is 0 Å². The van der Waals surface area contributed by atoms with E-state index >= 15 is 0 Å². The first-order valence-electron chi connectivity index (χ1n) is 8.13. The standard InChI is InChI=1S/C18H28N2O/c1-13-6-4-7-16(10-13)15(3)20-18(21)11-14(2)17-8-5-9-19-12-17/h4,6-7,10,14-15,17,19H,5,8-9,11-12H2,1-3H3,(H,20,21)/t14?,15-,17?/m0/s1. The lowest BCUT2D eigenvalue weighted by atomic mass is 9.85. The molecule has 0 saturated carbocycles. The van der Waals surface area contributed by atoms with Crippen molar-refractivity contribution in [3.05, 3.63) is 35.4 Å². The van der Waals surface area contributed by atoms with Crippen molar-refractivity contribution < 1.29 is 4.79 Å². The third kappa shape index (κ3) is 4.85. The third-order valence-corrected chi connectivity index (χ3v) is 4.57. The molecule has 21 heavy (non-hydrogen) atoms. The number of amides is 1. The summed E-state index contributed by atoms with van der Waals surface area (Å²) in [5.74, 6) is 1.25. The fourth-order valence-electron chi connectivity index (χ4n) is 3.15. The zero-order chi connectivity index (χ0) is 15.2. The topological polar surface area (TPSA) is 41.1 Å². The van der Waals surface area contributed by atoms with Crippen LogP contribution in [-0.4, -0.2) is 19.0 Å². The van der Waals surface area contributed by atoms with Gasteiger partial charge in [0.05, 0.1) is 6.04 Å². The zero-order valence-corrected chi connectivity index (χ0v) is 13.5. The van der Waals surface area contributed by atoms with Crippen LogP contribution < -0.4 is 10.6 Å². The first-order chi connectivity index (χ1) is 10.1. The van der Waals surface area contributed by atoms with Gasteiger partial charge in [0.15, 0.2) is 0 Å². The molecule has 0 aliphatic carbocycles. The number of carbonyl (C=O) groups excluding carboxylic acids is 1. The van der Waals surface area contributed by atoms with E-state index in [1.807, 2.05) is 6.07 Å². The predicted octanol–water partition coefficient (Wildman–Crippen LogP) is 3.20. The molecule has 1 amide bonds. The van der Waals surface area contributed by atoms with Crippen molar-refractivity contribution in [1.82, 2.24) is 10.6 Å². The molecule has 2 rings (SSSR count). The number of benzene rings is 1. The summed E-state index contributed by atoms with van der Waals surface area (Å²) < 4.78 is 0. The molecule has 0 aromatic heterocycles. The highest BCUT2D eigenvalue weighted by Crippen LogP contribution is 2.23. The Labute approximate surface area is 128 Å². The molecule has 2 N–H and O–H groups in total. The monoisotopic (exact) mass is 288 g/mol. The first-order valence-corrected chi connectivity index (χ1v) is 8.13. The van der Waals surface area contributed by atoms with E-state index in [0.29, 0.717) is 18.3 Å². The second-order valence-electron chi connectivity index (χ2n) is 6.49. The van der Waals surface area contributed by atoms with Gasteiger partial charge >= 0.3 is 0 Å². The van der Waals surface area contributed by atoms with Crippen LogP contribution in [0.3, 0.4) is 0 Å². The van der Waals surface area contributed by atoms with E-state index in [1.165, 1.54) is 24.0 Å². The summed E-state index contributed by atoms with van der Waals surface area (Å²) in [7, 11) is 0. The van der Waals surface area contributed by atoms with E-state index in [-0.39, 0.29) is 11.9 Å². The Morgan fingerprint density at radius 3 is 2.90 bits per heavy atom. The van der Waals surface area contributed by atoms with Crippen LogP contribution in [0.25, 0.3) is 0 Å². The smallest absolute Gasteiger partial charge is 0.220 e. The van der Waals surface area contributed by atoms with Crippen LogP contribution in [0.15, 0.2) is 24.3 Å². The molecular weight excluding hydrogens is 260 g/mol.